The maximum Gasteiger partial charge on any atom is 0.0624 e. The smallest absolute Gasteiger partial charge is 0.0624 e. The summed E-state index contributed by atoms with van der Waals surface area (Å²) < 4.78 is 0. The van der Waals surface area contributed by atoms with Gasteiger partial charge < -0.3 is 10.8 Å². The summed E-state index contributed by atoms with van der Waals surface area (Å²) in [6, 6.07) is 11.9. The summed E-state index contributed by atoms with van der Waals surface area (Å²) in [6.45, 7) is 2.06. The Morgan fingerprint density at radius 3 is 2.47 bits per heavy atom. The van der Waals surface area contributed by atoms with Crippen molar-refractivity contribution in [2.24, 2.45) is 5.73 Å². The van der Waals surface area contributed by atoms with Crippen LogP contribution in [0.25, 0.3) is 10.8 Å². The van der Waals surface area contributed by atoms with Gasteiger partial charge in [-0.2, -0.15) is 0 Å². The summed E-state index contributed by atoms with van der Waals surface area (Å²) in [5, 5.41) is 11.4. The van der Waals surface area contributed by atoms with Crippen LogP contribution >= 0.6 is 0 Å². The second-order valence-electron chi connectivity index (χ2n) is 3.81. The minimum absolute atomic E-state index is 0.0208. The molecule has 0 saturated carbocycles. The lowest BCUT2D eigenvalue weighted by Gasteiger charge is -2.13. The van der Waals surface area contributed by atoms with Crippen LogP contribution in [0, 0.1) is 6.92 Å². The molecule has 0 fully saturated rings. The molecule has 0 spiro atoms. The lowest BCUT2D eigenvalue weighted by molar-refractivity contribution is 0.268. The molecular weight excluding hydrogens is 186 g/mol. The molecule has 0 heterocycles. The fourth-order valence-electron chi connectivity index (χ4n) is 1.89. The Balaban J connectivity index is 2.71. The molecule has 2 aromatic rings. The van der Waals surface area contributed by atoms with Crippen LogP contribution in [0.15, 0.2) is 36.4 Å². The van der Waals surface area contributed by atoms with Crippen molar-refractivity contribution >= 4 is 10.8 Å². The Kier molecular flexibility index (Phi) is 2.71. The number of aryl methyl sites for hydroxylation is 1. The van der Waals surface area contributed by atoms with Gasteiger partial charge in [-0.3, -0.25) is 0 Å². The van der Waals surface area contributed by atoms with Gasteiger partial charge in [0.25, 0.3) is 0 Å². The lowest BCUT2D eigenvalue weighted by atomic mass is 9.96. The molecule has 3 N–H and O–H groups in total. The minimum atomic E-state index is -0.296. The van der Waals surface area contributed by atoms with Crippen LogP contribution in [0.2, 0.25) is 0 Å². The Hall–Kier alpha value is -1.38. The van der Waals surface area contributed by atoms with Gasteiger partial charge in [-0.05, 0) is 28.8 Å². The van der Waals surface area contributed by atoms with E-state index in [1.165, 1.54) is 10.9 Å². The summed E-state index contributed by atoms with van der Waals surface area (Å²) >= 11 is 0. The average Bonchev–Trinajstić information content (AvgIpc) is 2.29. The van der Waals surface area contributed by atoms with Crippen molar-refractivity contribution < 1.29 is 5.11 Å². The van der Waals surface area contributed by atoms with Crippen LogP contribution in [0.4, 0.5) is 0 Å². The van der Waals surface area contributed by atoms with Crippen LogP contribution in [-0.4, -0.2) is 11.7 Å². The molecule has 15 heavy (non-hydrogen) atoms. The molecule has 0 saturated heterocycles. The zero-order chi connectivity index (χ0) is 10.8. The van der Waals surface area contributed by atoms with E-state index in [0.717, 1.165) is 10.9 Å². The first-order chi connectivity index (χ1) is 7.24. The van der Waals surface area contributed by atoms with Crippen molar-refractivity contribution in [3.8, 4) is 0 Å². The van der Waals surface area contributed by atoms with E-state index in [4.69, 9.17) is 10.8 Å². The molecule has 2 heteroatoms. The molecule has 0 aliphatic rings. The topological polar surface area (TPSA) is 46.2 Å². The zero-order valence-corrected chi connectivity index (χ0v) is 8.77. The first kappa shape index (κ1) is 10.1. The Labute approximate surface area is 89.3 Å². The van der Waals surface area contributed by atoms with Crippen LogP contribution in [-0.2, 0) is 0 Å². The number of rotatable bonds is 2. The number of nitrogens with two attached hydrogens (primary N) is 1. The largest absolute Gasteiger partial charge is 0.394 e. The maximum atomic E-state index is 9.09. The van der Waals surface area contributed by atoms with Gasteiger partial charge in [0.1, 0.15) is 0 Å². The quantitative estimate of drug-likeness (QED) is 0.782. The third-order valence-corrected chi connectivity index (χ3v) is 2.77. The predicted octanol–water partition coefficient (Wildman–Crippen LogP) is 2.14. The number of aliphatic hydroxyl groups is 1. The van der Waals surface area contributed by atoms with Gasteiger partial charge >= 0.3 is 0 Å². The second kappa shape index (κ2) is 4.01. The number of hydrogen-bond donors (Lipinski definition) is 2. The number of hydrogen-bond acceptors (Lipinski definition) is 2. The zero-order valence-electron chi connectivity index (χ0n) is 8.77. The molecule has 0 bridgehead atoms. The molecule has 0 aromatic heterocycles. The van der Waals surface area contributed by atoms with E-state index in [0.29, 0.717) is 0 Å². The van der Waals surface area contributed by atoms with E-state index in [1.54, 1.807) is 0 Å². The standard InChI is InChI=1S/C13H15NO/c1-9-6-7-12(13(14)8-15)11-5-3-2-4-10(9)11/h2-7,13,15H,8,14H2,1H3/t13-/m1/s1. The highest BCUT2D eigenvalue weighted by Crippen LogP contribution is 2.25. The Morgan fingerprint density at radius 2 is 1.80 bits per heavy atom. The molecule has 78 valence electrons. The van der Waals surface area contributed by atoms with Gasteiger partial charge in [-0.15, -0.1) is 0 Å². The van der Waals surface area contributed by atoms with E-state index >= 15 is 0 Å². The van der Waals surface area contributed by atoms with E-state index in [-0.39, 0.29) is 12.6 Å². The SMILES string of the molecule is Cc1ccc([C@H](N)CO)c2ccccc12. The van der Waals surface area contributed by atoms with Gasteiger partial charge in [0.15, 0.2) is 0 Å². The first-order valence-corrected chi connectivity index (χ1v) is 5.08. The molecule has 0 amide bonds. The predicted molar refractivity (Wildman–Crippen MR) is 62.7 cm³/mol. The van der Waals surface area contributed by atoms with Gasteiger partial charge in [0.2, 0.25) is 0 Å². The Bertz CT molecular complexity index is 479. The van der Waals surface area contributed by atoms with Crippen molar-refractivity contribution in [1.82, 2.24) is 0 Å². The van der Waals surface area contributed by atoms with E-state index in [2.05, 4.69) is 13.0 Å². The molecule has 0 unspecified atom stereocenters. The summed E-state index contributed by atoms with van der Waals surface area (Å²) in [4.78, 5) is 0. The minimum Gasteiger partial charge on any atom is -0.394 e. The molecule has 2 rings (SSSR count). The second-order valence-corrected chi connectivity index (χ2v) is 3.81. The summed E-state index contributed by atoms with van der Waals surface area (Å²) in [5.41, 5.74) is 8.11. The van der Waals surface area contributed by atoms with Crippen molar-refractivity contribution in [3.05, 3.63) is 47.5 Å². The molecule has 1 atom stereocenters. The summed E-state index contributed by atoms with van der Waals surface area (Å²) in [6.07, 6.45) is 0. The van der Waals surface area contributed by atoms with Crippen LogP contribution in [0.3, 0.4) is 0 Å². The van der Waals surface area contributed by atoms with Crippen molar-refractivity contribution in [3.63, 3.8) is 0 Å². The van der Waals surface area contributed by atoms with Crippen LogP contribution in [0.1, 0.15) is 17.2 Å². The highest BCUT2D eigenvalue weighted by atomic mass is 16.3. The number of aliphatic hydroxyl groups excluding tert-OH is 1. The fourth-order valence-corrected chi connectivity index (χ4v) is 1.89. The molecular formula is C13H15NO. The highest BCUT2D eigenvalue weighted by molar-refractivity contribution is 5.88. The van der Waals surface area contributed by atoms with Gasteiger partial charge in [0.05, 0.1) is 12.6 Å². The molecule has 0 aliphatic carbocycles. The fraction of sp³-hybridized carbons (Fsp3) is 0.231. The van der Waals surface area contributed by atoms with Crippen molar-refractivity contribution in [2.45, 2.75) is 13.0 Å². The third kappa shape index (κ3) is 1.74. The lowest BCUT2D eigenvalue weighted by Crippen LogP contribution is -2.14. The number of benzene rings is 2. The third-order valence-electron chi connectivity index (χ3n) is 2.77. The normalized spacial score (nSPS) is 13.0. The van der Waals surface area contributed by atoms with Crippen molar-refractivity contribution in [1.29, 1.82) is 0 Å². The molecule has 2 aromatic carbocycles. The van der Waals surface area contributed by atoms with E-state index in [9.17, 15) is 0 Å². The van der Waals surface area contributed by atoms with Crippen molar-refractivity contribution in [2.75, 3.05) is 6.61 Å². The van der Waals surface area contributed by atoms with Gasteiger partial charge in [-0.25, -0.2) is 0 Å². The monoisotopic (exact) mass is 201 g/mol. The van der Waals surface area contributed by atoms with Gasteiger partial charge in [-0.1, -0.05) is 36.4 Å². The molecule has 0 radical (unpaired) electrons. The molecule has 2 nitrogen and oxygen atoms in total. The van der Waals surface area contributed by atoms with E-state index in [1.807, 2.05) is 30.3 Å². The summed E-state index contributed by atoms with van der Waals surface area (Å²) in [7, 11) is 0. The van der Waals surface area contributed by atoms with Gasteiger partial charge in [0, 0.05) is 0 Å². The summed E-state index contributed by atoms with van der Waals surface area (Å²) in [5.74, 6) is 0. The van der Waals surface area contributed by atoms with Crippen LogP contribution < -0.4 is 5.73 Å². The van der Waals surface area contributed by atoms with E-state index < -0.39 is 0 Å². The Morgan fingerprint density at radius 1 is 1.13 bits per heavy atom. The van der Waals surface area contributed by atoms with Crippen LogP contribution in [0.5, 0.6) is 0 Å². The average molecular weight is 201 g/mol. The molecule has 0 aliphatic heterocycles. The first-order valence-electron chi connectivity index (χ1n) is 5.08. The maximum absolute atomic E-state index is 9.09. The highest BCUT2D eigenvalue weighted by Gasteiger charge is 2.09. The number of fused-ring (bicyclic) bond motifs is 1.